The van der Waals surface area contributed by atoms with Gasteiger partial charge < -0.3 is 14.8 Å². The first kappa shape index (κ1) is 23.7. The second-order valence-electron chi connectivity index (χ2n) is 8.19. The largest absolute Gasteiger partial charge is 0.340 e. The van der Waals surface area contributed by atoms with E-state index in [2.05, 4.69) is 10.3 Å². The molecule has 2 heterocycles. The minimum Gasteiger partial charge on any atom is -0.340 e. The summed E-state index contributed by atoms with van der Waals surface area (Å²) in [5, 5.41) is 2.84. The average molecular weight is 482 g/mol. The van der Waals surface area contributed by atoms with E-state index in [-0.39, 0.29) is 29.8 Å². The van der Waals surface area contributed by atoms with E-state index < -0.39 is 10.0 Å². The van der Waals surface area contributed by atoms with Gasteiger partial charge in [-0.1, -0.05) is 12.1 Å². The smallest absolute Gasteiger partial charge is 0.255 e. The molecule has 1 aliphatic rings. The third-order valence-corrected chi connectivity index (χ3v) is 7.84. The molecule has 1 aliphatic heterocycles. The van der Waals surface area contributed by atoms with Crippen molar-refractivity contribution in [2.75, 3.05) is 31.5 Å². The van der Waals surface area contributed by atoms with Crippen LogP contribution in [0.4, 0.5) is 5.69 Å². The summed E-state index contributed by atoms with van der Waals surface area (Å²) < 4.78 is 29.2. The third-order valence-electron chi connectivity index (χ3n) is 5.93. The topological polar surface area (TPSA) is 105 Å². The van der Waals surface area contributed by atoms with Crippen LogP contribution in [-0.2, 0) is 21.4 Å². The molecule has 0 bridgehead atoms. The van der Waals surface area contributed by atoms with Crippen molar-refractivity contribution < 1.29 is 18.0 Å². The number of carbonyl (C=O) groups excluding carboxylic acids is 2. The molecule has 0 atom stereocenters. The number of hydrogen-bond acceptors (Lipinski definition) is 5. The number of amides is 2. The van der Waals surface area contributed by atoms with E-state index in [1.807, 2.05) is 42.0 Å². The maximum Gasteiger partial charge on any atom is 0.255 e. The van der Waals surface area contributed by atoms with Crippen molar-refractivity contribution >= 4 is 27.5 Å². The van der Waals surface area contributed by atoms with E-state index in [0.717, 1.165) is 11.4 Å². The summed E-state index contributed by atoms with van der Waals surface area (Å²) in [6.45, 7) is 5.36. The summed E-state index contributed by atoms with van der Waals surface area (Å²) in [6, 6.07) is 13.4. The van der Waals surface area contributed by atoms with Crippen molar-refractivity contribution in [3.8, 4) is 0 Å². The van der Waals surface area contributed by atoms with Crippen LogP contribution in [0.3, 0.4) is 0 Å². The average Bonchev–Trinajstić information content (AvgIpc) is 3.24. The molecule has 0 saturated carbocycles. The summed E-state index contributed by atoms with van der Waals surface area (Å²) >= 11 is 0. The zero-order valence-electron chi connectivity index (χ0n) is 19.1. The number of aryl methyl sites for hydroxylation is 1. The Morgan fingerprint density at radius 2 is 1.62 bits per heavy atom. The van der Waals surface area contributed by atoms with Gasteiger partial charge in [0.2, 0.25) is 15.9 Å². The fourth-order valence-electron chi connectivity index (χ4n) is 3.83. The first-order valence-electron chi connectivity index (χ1n) is 11.0. The van der Waals surface area contributed by atoms with Gasteiger partial charge in [-0.2, -0.15) is 4.31 Å². The fraction of sp³-hybridized carbons (Fsp3) is 0.292. The van der Waals surface area contributed by atoms with Crippen LogP contribution in [0.15, 0.2) is 65.8 Å². The van der Waals surface area contributed by atoms with E-state index in [0.29, 0.717) is 30.9 Å². The van der Waals surface area contributed by atoms with E-state index in [1.165, 1.54) is 35.5 Å². The van der Waals surface area contributed by atoms with E-state index in [4.69, 9.17) is 0 Å². The molecular formula is C24H27N5O4S. The number of benzene rings is 2. The van der Waals surface area contributed by atoms with E-state index in [1.54, 1.807) is 11.1 Å². The van der Waals surface area contributed by atoms with Gasteiger partial charge in [0.05, 0.1) is 4.90 Å². The monoisotopic (exact) mass is 481 g/mol. The Bertz CT molecular complexity index is 1280. The van der Waals surface area contributed by atoms with E-state index in [9.17, 15) is 18.0 Å². The molecule has 0 radical (unpaired) electrons. The van der Waals surface area contributed by atoms with Gasteiger partial charge in [0.1, 0.15) is 5.82 Å². The van der Waals surface area contributed by atoms with Gasteiger partial charge >= 0.3 is 0 Å². The number of hydrogen-bond donors (Lipinski definition) is 1. The molecule has 4 rings (SSSR count). The number of sulfonamides is 1. The molecule has 1 saturated heterocycles. The molecular weight excluding hydrogens is 454 g/mol. The Hall–Kier alpha value is -3.50. The van der Waals surface area contributed by atoms with Crippen LogP contribution in [0.5, 0.6) is 0 Å². The lowest BCUT2D eigenvalue weighted by Gasteiger charge is -2.33. The molecule has 1 aromatic heterocycles. The standard InChI is InChI=1S/C24H27N5O4S/c1-18-25-11-12-28(18)17-20-3-7-22(8-4-20)26-24(31)21-5-9-23(10-6-21)34(32,33)29-15-13-27(14-16-29)19(2)30/h3-12H,13-17H2,1-2H3,(H,26,31). The van der Waals surface area contributed by atoms with Crippen LogP contribution < -0.4 is 5.32 Å². The number of aromatic nitrogens is 2. The number of nitrogens with zero attached hydrogens (tertiary/aromatic N) is 4. The Morgan fingerprint density at radius 1 is 0.971 bits per heavy atom. The molecule has 1 N–H and O–H groups in total. The molecule has 1 fully saturated rings. The zero-order chi connectivity index (χ0) is 24.3. The van der Waals surface area contributed by atoms with Gasteiger partial charge in [-0.3, -0.25) is 9.59 Å². The van der Waals surface area contributed by atoms with Gasteiger partial charge in [-0.25, -0.2) is 13.4 Å². The molecule has 3 aromatic rings. The molecule has 10 heteroatoms. The van der Waals surface area contributed by atoms with Crippen LogP contribution in [0, 0.1) is 6.92 Å². The number of carbonyl (C=O) groups is 2. The van der Waals surface area contributed by atoms with Crippen LogP contribution in [0.2, 0.25) is 0 Å². The summed E-state index contributed by atoms with van der Waals surface area (Å²) in [6.07, 6.45) is 3.68. The predicted molar refractivity (Wildman–Crippen MR) is 128 cm³/mol. The van der Waals surface area contributed by atoms with Crippen molar-refractivity contribution in [2.45, 2.75) is 25.3 Å². The molecule has 0 unspecified atom stereocenters. The Labute approximate surface area is 199 Å². The summed E-state index contributed by atoms with van der Waals surface area (Å²) in [5.41, 5.74) is 2.09. The first-order valence-corrected chi connectivity index (χ1v) is 12.4. The minimum absolute atomic E-state index is 0.0599. The normalized spacial score (nSPS) is 14.7. The van der Waals surface area contributed by atoms with Crippen LogP contribution >= 0.6 is 0 Å². The van der Waals surface area contributed by atoms with Gasteiger partial charge in [0, 0.05) is 63.3 Å². The first-order chi connectivity index (χ1) is 16.2. The van der Waals surface area contributed by atoms with Crippen molar-refractivity contribution in [1.82, 2.24) is 18.8 Å². The molecule has 0 spiro atoms. The van der Waals surface area contributed by atoms with E-state index >= 15 is 0 Å². The maximum atomic E-state index is 12.9. The second-order valence-corrected chi connectivity index (χ2v) is 10.1. The molecule has 34 heavy (non-hydrogen) atoms. The van der Waals surface area contributed by atoms with Crippen LogP contribution in [-0.4, -0.2) is 65.2 Å². The lowest BCUT2D eigenvalue weighted by molar-refractivity contribution is -0.129. The van der Waals surface area contributed by atoms with Crippen molar-refractivity contribution in [3.05, 3.63) is 77.9 Å². The molecule has 2 amide bonds. The van der Waals surface area contributed by atoms with Crippen molar-refractivity contribution in [2.24, 2.45) is 0 Å². The van der Waals surface area contributed by atoms with Crippen LogP contribution in [0.25, 0.3) is 0 Å². The lowest BCUT2D eigenvalue weighted by atomic mass is 10.2. The summed E-state index contributed by atoms with van der Waals surface area (Å²) in [5.74, 6) is 0.550. The highest BCUT2D eigenvalue weighted by molar-refractivity contribution is 7.89. The fourth-order valence-corrected chi connectivity index (χ4v) is 5.26. The van der Waals surface area contributed by atoms with Crippen LogP contribution in [0.1, 0.15) is 28.7 Å². The molecule has 2 aromatic carbocycles. The second kappa shape index (κ2) is 9.78. The number of imidazole rings is 1. The number of piperazine rings is 1. The van der Waals surface area contributed by atoms with Gasteiger partial charge in [0.25, 0.3) is 5.91 Å². The summed E-state index contributed by atoms with van der Waals surface area (Å²) in [7, 11) is -3.68. The highest BCUT2D eigenvalue weighted by Gasteiger charge is 2.29. The third kappa shape index (κ3) is 5.18. The van der Waals surface area contributed by atoms with Crippen molar-refractivity contribution in [1.29, 1.82) is 0 Å². The predicted octanol–water partition coefficient (Wildman–Crippen LogP) is 2.34. The molecule has 178 valence electrons. The SMILES string of the molecule is CC(=O)N1CCN(S(=O)(=O)c2ccc(C(=O)Nc3ccc(Cn4ccnc4C)cc3)cc2)CC1. The van der Waals surface area contributed by atoms with Crippen molar-refractivity contribution in [3.63, 3.8) is 0 Å². The number of nitrogens with one attached hydrogen (secondary N) is 1. The molecule has 9 nitrogen and oxygen atoms in total. The number of anilines is 1. The minimum atomic E-state index is -3.68. The van der Waals surface area contributed by atoms with Gasteiger partial charge in [-0.05, 0) is 48.9 Å². The van der Waals surface area contributed by atoms with Gasteiger partial charge in [0.15, 0.2) is 0 Å². The zero-order valence-corrected chi connectivity index (χ0v) is 20.0. The molecule has 0 aliphatic carbocycles. The maximum absolute atomic E-state index is 12.9. The van der Waals surface area contributed by atoms with Gasteiger partial charge in [-0.15, -0.1) is 0 Å². The Kier molecular flexibility index (Phi) is 6.80. The highest BCUT2D eigenvalue weighted by Crippen LogP contribution is 2.19. The number of rotatable bonds is 6. The quantitative estimate of drug-likeness (QED) is 0.582. The summed E-state index contributed by atoms with van der Waals surface area (Å²) in [4.78, 5) is 30.1. The highest BCUT2D eigenvalue weighted by atomic mass is 32.2. The Morgan fingerprint density at radius 3 is 2.18 bits per heavy atom. The lowest BCUT2D eigenvalue weighted by Crippen LogP contribution is -2.49. The Balaban J connectivity index is 1.37.